The highest BCUT2D eigenvalue weighted by atomic mass is 19.1. The summed E-state index contributed by atoms with van der Waals surface area (Å²) in [7, 11) is 0. The number of nitrogens with zero attached hydrogens (tertiary/aromatic N) is 2. The Morgan fingerprint density at radius 2 is 2.22 bits per heavy atom. The molecular weight excluding hydrogens is 242 g/mol. The molecule has 0 spiro atoms. The Hall–Kier alpha value is -1.56. The van der Waals surface area contributed by atoms with Crippen molar-refractivity contribution in [2.75, 3.05) is 6.54 Å². The van der Waals surface area contributed by atoms with E-state index in [4.69, 9.17) is 0 Å². The summed E-state index contributed by atoms with van der Waals surface area (Å²) >= 11 is 0. The number of carbonyl (C=O) groups is 1. The van der Waals surface area contributed by atoms with Crippen LogP contribution < -0.4 is 0 Å². The van der Waals surface area contributed by atoms with Gasteiger partial charge < -0.3 is 10.0 Å². The fourth-order valence-corrected chi connectivity index (χ4v) is 2.08. The number of β-amino-alcohol motifs (C(OH)–C–C–N with tert-alkyl or cyclic N) is 1. The smallest absolute Gasteiger partial charge is 0.275 e. The Bertz CT molecular complexity index is 467. The molecule has 98 valence electrons. The van der Waals surface area contributed by atoms with Crippen LogP contribution in [0.4, 0.5) is 8.78 Å². The van der Waals surface area contributed by atoms with Crippen molar-refractivity contribution in [1.82, 2.24) is 9.88 Å². The number of likely N-dealkylation sites (tertiary alicyclic amines) is 1. The number of hydrogen-bond donors (Lipinski definition) is 1. The van der Waals surface area contributed by atoms with Crippen molar-refractivity contribution < 1.29 is 18.7 Å². The first-order chi connectivity index (χ1) is 8.49. The van der Waals surface area contributed by atoms with Gasteiger partial charge >= 0.3 is 0 Å². The molecular formula is C12H14F2N2O2. The van der Waals surface area contributed by atoms with Crippen molar-refractivity contribution in [3.8, 4) is 0 Å². The lowest BCUT2D eigenvalue weighted by Crippen LogP contribution is -2.47. The van der Waals surface area contributed by atoms with Crippen LogP contribution in [0.5, 0.6) is 0 Å². The van der Waals surface area contributed by atoms with Gasteiger partial charge in [-0.1, -0.05) is 0 Å². The zero-order valence-electron chi connectivity index (χ0n) is 9.94. The molecule has 1 saturated heterocycles. The zero-order valence-corrected chi connectivity index (χ0v) is 9.94. The molecule has 0 saturated carbocycles. The van der Waals surface area contributed by atoms with Crippen LogP contribution in [-0.4, -0.2) is 39.6 Å². The Morgan fingerprint density at radius 1 is 1.50 bits per heavy atom. The average molecular weight is 256 g/mol. The first-order valence-corrected chi connectivity index (χ1v) is 5.79. The highest BCUT2D eigenvalue weighted by molar-refractivity contribution is 5.92. The van der Waals surface area contributed by atoms with Crippen LogP contribution in [-0.2, 0) is 0 Å². The van der Waals surface area contributed by atoms with Gasteiger partial charge in [-0.25, -0.2) is 13.8 Å². The molecule has 0 bridgehead atoms. The Balaban J connectivity index is 2.24. The molecule has 4 nitrogen and oxygen atoms in total. The normalized spacial score (nSPS) is 24.1. The first-order valence-electron chi connectivity index (χ1n) is 5.79. The van der Waals surface area contributed by atoms with E-state index >= 15 is 0 Å². The van der Waals surface area contributed by atoms with E-state index in [-0.39, 0.29) is 12.6 Å². The lowest BCUT2D eigenvalue weighted by Gasteiger charge is -2.35. The maximum atomic E-state index is 13.5. The molecule has 1 fully saturated rings. The van der Waals surface area contributed by atoms with Crippen molar-refractivity contribution in [1.29, 1.82) is 0 Å². The van der Waals surface area contributed by atoms with Crippen molar-refractivity contribution in [3.63, 3.8) is 0 Å². The predicted molar refractivity (Wildman–Crippen MR) is 59.9 cm³/mol. The molecule has 2 rings (SSSR count). The third-order valence-corrected chi connectivity index (χ3v) is 3.13. The fraction of sp³-hybridized carbons (Fsp3) is 0.500. The van der Waals surface area contributed by atoms with Crippen LogP contribution in [0.1, 0.15) is 30.3 Å². The van der Waals surface area contributed by atoms with Gasteiger partial charge in [0.25, 0.3) is 5.91 Å². The molecule has 2 atom stereocenters. The summed E-state index contributed by atoms with van der Waals surface area (Å²) in [5.41, 5.74) is -0.405. The third-order valence-electron chi connectivity index (χ3n) is 3.13. The lowest BCUT2D eigenvalue weighted by atomic mass is 10.0. The van der Waals surface area contributed by atoms with Crippen LogP contribution in [0.3, 0.4) is 0 Å². The largest absolute Gasteiger partial charge is 0.391 e. The monoisotopic (exact) mass is 256 g/mol. The molecule has 0 radical (unpaired) electrons. The summed E-state index contributed by atoms with van der Waals surface area (Å²) in [5, 5.41) is 9.54. The van der Waals surface area contributed by atoms with Crippen LogP contribution in [0.2, 0.25) is 0 Å². The molecule has 1 aromatic rings. The van der Waals surface area contributed by atoms with Crippen molar-refractivity contribution >= 4 is 5.91 Å². The summed E-state index contributed by atoms with van der Waals surface area (Å²) in [6.45, 7) is 1.98. The van der Waals surface area contributed by atoms with Crippen LogP contribution in [0.25, 0.3) is 0 Å². The molecule has 18 heavy (non-hydrogen) atoms. The van der Waals surface area contributed by atoms with Crippen LogP contribution >= 0.6 is 0 Å². The number of aromatic nitrogens is 1. The van der Waals surface area contributed by atoms with Gasteiger partial charge in [0.05, 0.1) is 12.3 Å². The number of aliphatic hydroxyl groups is 1. The quantitative estimate of drug-likeness (QED) is 0.825. The molecule has 0 aliphatic carbocycles. The van der Waals surface area contributed by atoms with Gasteiger partial charge in [-0.15, -0.1) is 0 Å². The maximum Gasteiger partial charge on any atom is 0.275 e. The number of hydrogen-bond acceptors (Lipinski definition) is 3. The van der Waals surface area contributed by atoms with Gasteiger partial charge in [0.15, 0.2) is 11.5 Å². The van der Waals surface area contributed by atoms with E-state index in [0.717, 1.165) is 6.20 Å². The second kappa shape index (κ2) is 4.97. The van der Waals surface area contributed by atoms with Gasteiger partial charge in [0.1, 0.15) is 5.82 Å². The van der Waals surface area contributed by atoms with E-state index in [9.17, 15) is 18.7 Å². The van der Waals surface area contributed by atoms with Gasteiger partial charge in [-0.3, -0.25) is 4.79 Å². The number of aliphatic hydroxyl groups excluding tert-OH is 1. The van der Waals surface area contributed by atoms with E-state index in [1.54, 1.807) is 0 Å². The number of rotatable bonds is 1. The molecule has 1 aromatic heterocycles. The third kappa shape index (κ3) is 2.48. The minimum Gasteiger partial charge on any atom is -0.391 e. The summed E-state index contributed by atoms with van der Waals surface area (Å²) in [5.74, 6) is -2.42. The topological polar surface area (TPSA) is 53.4 Å². The van der Waals surface area contributed by atoms with Crippen LogP contribution in [0.15, 0.2) is 12.3 Å². The number of amides is 1. The Morgan fingerprint density at radius 3 is 2.89 bits per heavy atom. The maximum absolute atomic E-state index is 13.5. The minimum absolute atomic E-state index is 0.0906. The van der Waals surface area contributed by atoms with Gasteiger partial charge in [0, 0.05) is 18.7 Å². The number of halogens is 2. The molecule has 1 amide bonds. The molecule has 1 N–H and O–H groups in total. The van der Waals surface area contributed by atoms with Crippen LogP contribution in [0, 0.1) is 11.6 Å². The second-order valence-corrected chi connectivity index (χ2v) is 4.52. The van der Waals surface area contributed by atoms with E-state index in [1.807, 2.05) is 6.92 Å². The Labute approximate surface area is 103 Å². The lowest BCUT2D eigenvalue weighted by molar-refractivity contribution is 0.0301. The van der Waals surface area contributed by atoms with Gasteiger partial charge in [-0.05, 0) is 19.8 Å². The van der Waals surface area contributed by atoms with Crippen molar-refractivity contribution in [3.05, 3.63) is 29.6 Å². The van der Waals surface area contributed by atoms with Gasteiger partial charge in [-0.2, -0.15) is 0 Å². The number of carbonyl (C=O) groups excluding carboxylic acids is 1. The number of piperidine rings is 1. The summed E-state index contributed by atoms with van der Waals surface area (Å²) in [6.07, 6.45) is 1.47. The van der Waals surface area contributed by atoms with Gasteiger partial charge in [0.2, 0.25) is 0 Å². The molecule has 6 heteroatoms. The molecule has 0 aromatic carbocycles. The fourth-order valence-electron chi connectivity index (χ4n) is 2.08. The average Bonchev–Trinajstić information content (AvgIpc) is 2.31. The van der Waals surface area contributed by atoms with E-state index in [0.29, 0.717) is 18.9 Å². The minimum atomic E-state index is -0.979. The van der Waals surface area contributed by atoms with Crippen molar-refractivity contribution in [2.45, 2.75) is 31.9 Å². The molecule has 0 unspecified atom stereocenters. The second-order valence-electron chi connectivity index (χ2n) is 4.52. The molecule has 1 aliphatic rings. The molecule has 2 heterocycles. The van der Waals surface area contributed by atoms with E-state index < -0.39 is 29.3 Å². The summed E-state index contributed by atoms with van der Waals surface area (Å²) < 4.78 is 26.2. The van der Waals surface area contributed by atoms with E-state index in [2.05, 4.69) is 4.98 Å². The summed E-state index contributed by atoms with van der Waals surface area (Å²) in [4.78, 5) is 16.9. The zero-order chi connectivity index (χ0) is 13.3. The highest BCUT2D eigenvalue weighted by Crippen LogP contribution is 2.20. The van der Waals surface area contributed by atoms with Crippen molar-refractivity contribution in [2.24, 2.45) is 0 Å². The number of pyridine rings is 1. The van der Waals surface area contributed by atoms with E-state index in [1.165, 1.54) is 4.90 Å². The highest BCUT2D eigenvalue weighted by Gasteiger charge is 2.30. The summed E-state index contributed by atoms with van der Waals surface area (Å²) in [6, 6.07) is 0.540. The molecule has 1 aliphatic heterocycles. The first kappa shape index (κ1) is 12.9. The standard InChI is InChI=1S/C12H14F2N2O2/c1-7-2-3-9(17)6-16(7)12(18)11-10(14)4-8(13)5-15-11/h4-5,7,9,17H,2-3,6H2,1H3/t7-,9+/m1/s1. The predicted octanol–water partition coefficient (Wildman–Crippen LogP) is 1.35. The Kier molecular flexibility index (Phi) is 3.56. The SMILES string of the molecule is C[C@@H]1CC[C@H](O)CN1C(=O)c1ncc(F)cc1F.